The van der Waals surface area contributed by atoms with E-state index in [4.69, 9.17) is 23.7 Å². The largest absolute Gasteiger partial charge is 0.507 e. The smallest absolute Gasteiger partial charge is 0.315 e. The fourth-order valence-electron chi connectivity index (χ4n) is 5.93. The monoisotopic (exact) mass is 726 g/mol. The number of carbonyl (C=O) groups is 1. The average Bonchev–Trinajstić information content (AvgIpc) is 3.04. The van der Waals surface area contributed by atoms with Gasteiger partial charge in [0, 0.05) is 12.2 Å². The summed E-state index contributed by atoms with van der Waals surface area (Å²) in [6, 6.07) is 4.12. The van der Waals surface area contributed by atoms with Crippen molar-refractivity contribution < 1.29 is 33.6 Å². The third-order valence-corrected chi connectivity index (χ3v) is 10.9. The van der Waals surface area contributed by atoms with Crippen LogP contribution in [0.5, 0.6) is 5.75 Å². The molecule has 2 heterocycles. The Morgan fingerprint density at radius 2 is 1.33 bits per heavy atom. The highest BCUT2D eigenvalue weighted by Crippen LogP contribution is 2.40. The number of rotatable bonds is 19. The number of esters is 1. The Balaban J connectivity index is 0.000000343. The summed E-state index contributed by atoms with van der Waals surface area (Å²) in [6.45, 7) is 20.3. The summed E-state index contributed by atoms with van der Waals surface area (Å²) in [5, 5.41) is 10.7. The first-order valence-electron chi connectivity index (χ1n) is 18.9. The lowest BCUT2D eigenvalue weighted by Gasteiger charge is -2.41. The van der Waals surface area contributed by atoms with Gasteiger partial charge >= 0.3 is 5.97 Å². The topological polar surface area (TPSA) is 83.5 Å². The fraction of sp³-hybridized carbons (Fsp3) is 0.825. The Bertz CT molecular complexity index is 999. The number of aromatic hydroxyl groups is 1. The molecule has 9 heteroatoms. The summed E-state index contributed by atoms with van der Waals surface area (Å²) in [5.41, 5.74) is 2.70. The molecule has 0 unspecified atom stereocenters. The second kappa shape index (κ2) is 23.6. The molecule has 2 aliphatic heterocycles. The highest BCUT2D eigenvalue weighted by atomic mass is 32.2. The molecule has 7 nitrogen and oxygen atoms in total. The first kappa shape index (κ1) is 44.2. The molecule has 284 valence electrons. The summed E-state index contributed by atoms with van der Waals surface area (Å²) >= 11 is 3.58. The lowest BCUT2D eigenvalue weighted by molar-refractivity contribution is -0.279. The summed E-state index contributed by atoms with van der Waals surface area (Å²) in [7, 11) is 0. The molecule has 3 rings (SSSR count). The molecule has 1 aromatic rings. The molecular formula is C40H70O7S2. The van der Waals surface area contributed by atoms with Gasteiger partial charge in [0.1, 0.15) is 12.5 Å². The van der Waals surface area contributed by atoms with Crippen LogP contribution in [0, 0.1) is 5.41 Å². The van der Waals surface area contributed by atoms with E-state index in [0.29, 0.717) is 51.3 Å². The molecule has 0 radical (unpaired) electrons. The Hall–Kier alpha value is -0.970. The number of ether oxygens (including phenoxy) is 5. The van der Waals surface area contributed by atoms with E-state index in [0.717, 1.165) is 34.6 Å². The first-order chi connectivity index (χ1) is 23.3. The lowest BCUT2D eigenvalue weighted by atomic mass is 9.78. The van der Waals surface area contributed by atoms with E-state index in [1.165, 1.54) is 70.0 Å². The molecule has 1 spiro atoms. The molecule has 0 aliphatic carbocycles. The van der Waals surface area contributed by atoms with Crippen LogP contribution >= 0.6 is 23.5 Å². The molecule has 0 amide bonds. The molecule has 49 heavy (non-hydrogen) atoms. The van der Waals surface area contributed by atoms with Crippen LogP contribution in [-0.2, 0) is 45.1 Å². The van der Waals surface area contributed by atoms with Gasteiger partial charge in [-0.2, -0.15) is 11.8 Å². The van der Waals surface area contributed by atoms with Crippen molar-refractivity contribution in [2.45, 2.75) is 149 Å². The Morgan fingerprint density at radius 3 is 1.84 bits per heavy atom. The summed E-state index contributed by atoms with van der Waals surface area (Å²) in [6.07, 6.45) is 15.0. The average molecular weight is 727 g/mol. The number of unbranched alkanes of at least 4 members (excludes halogenated alkanes) is 9. The van der Waals surface area contributed by atoms with Gasteiger partial charge in [0.15, 0.2) is 6.29 Å². The van der Waals surface area contributed by atoms with Gasteiger partial charge in [-0.3, -0.25) is 4.79 Å². The van der Waals surface area contributed by atoms with Crippen molar-refractivity contribution in [3.05, 3.63) is 28.8 Å². The molecule has 2 aliphatic rings. The van der Waals surface area contributed by atoms with Gasteiger partial charge in [-0.25, -0.2) is 0 Å². The summed E-state index contributed by atoms with van der Waals surface area (Å²) in [5.74, 6) is 3.69. The van der Waals surface area contributed by atoms with Crippen LogP contribution in [0.4, 0.5) is 0 Å². The zero-order valence-corrected chi connectivity index (χ0v) is 33.9. The molecule has 1 aromatic carbocycles. The van der Waals surface area contributed by atoms with E-state index in [2.05, 4.69) is 60.6 Å². The predicted octanol–water partition coefficient (Wildman–Crippen LogP) is 10.2. The molecule has 2 fully saturated rings. The van der Waals surface area contributed by atoms with Crippen molar-refractivity contribution in [3.8, 4) is 5.75 Å². The van der Waals surface area contributed by atoms with Gasteiger partial charge in [0.25, 0.3) is 0 Å². The van der Waals surface area contributed by atoms with Crippen molar-refractivity contribution in [2.24, 2.45) is 5.41 Å². The number of carbonyl (C=O) groups excluding carboxylic acids is 1. The molecule has 0 aromatic heterocycles. The van der Waals surface area contributed by atoms with Crippen molar-refractivity contribution in [3.63, 3.8) is 0 Å². The molecule has 0 atom stereocenters. The predicted molar refractivity (Wildman–Crippen MR) is 207 cm³/mol. The minimum Gasteiger partial charge on any atom is -0.507 e. The molecular weight excluding hydrogens is 657 g/mol. The fourth-order valence-corrected chi connectivity index (χ4v) is 7.65. The number of benzene rings is 1. The van der Waals surface area contributed by atoms with Gasteiger partial charge in [0.2, 0.25) is 0 Å². The van der Waals surface area contributed by atoms with E-state index < -0.39 is 0 Å². The van der Waals surface area contributed by atoms with Crippen molar-refractivity contribution in [2.75, 3.05) is 57.1 Å². The van der Waals surface area contributed by atoms with Crippen molar-refractivity contribution >= 4 is 29.5 Å². The van der Waals surface area contributed by atoms with Crippen LogP contribution in [0.2, 0.25) is 0 Å². The number of phenolic OH excluding ortho intramolecular Hbond substituents is 1. The highest BCUT2D eigenvalue weighted by Gasteiger charge is 2.39. The minimum atomic E-state index is -0.177. The third kappa shape index (κ3) is 17.9. The van der Waals surface area contributed by atoms with E-state index in [9.17, 15) is 9.90 Å². The zero-order chi connectivity index (χ0) is 36.2. The maximum atomic E-state index is 11.5. The van der Waals surface area contributed by atoms with E-state index in [1.54, 1.807) is 11.8 Å². The second-order valence-corrected chi connectivity index (χ2v) is 18.0. The van der Waals surface area contributed by atoms with Crippen LogP contribution in [0.25, 0.3) is 0 Å². The van der Waals surface area contributed by atoms with Gasteiger partial charge in [-0.15, -0.1) is 11.8 Å². The normalized spacial score (nSPS) is 16.7. The second-order valence-electron chi connectivity index (χ2n) is 15.8. The highest BCUT2D eigenvalue weighted by molar-refractivity contribution is 7.99. The van der Waals surface area contributed by atoms with Gasteiger partial charge in [-0.05, 0) is 52.4 Å². The zero-order valence-electron chi connectivity index (χ0n) is 32.3. The van der Waals surface area contributed by atoms with Crippen LogP contribution in [0.15, 0.2) is 12.1 Å². The number of hydrogen-bond acceptors (Lipinski definition) is 9. The SMILES string of the molecule is CCCCCCCCCCCCSCCC1OCC2(COCOC2)CO1.CCOC(=O)CSCc1cc(C(C)(C)C)c(O)c(C(C)(C)C)c1. The maximum Gasteiger partial charge on any atom is 0.315 e. The molecule has 2 saturated heterocycles. The number of hydrogen-bond donors (Lipinski definition) is 1. The Kier molecular flexibility index (Phi) is 21.3. The van der Waals surface area contributed by atoms with Crippen molar-refractivity contribution in [1.82, 2.24) is 0 Å². The molecule has 0 saturated carbocycles. The van der Waals surface area contributed by atoms with Gasteiger partial charge in [-0.1, -0.05) is 118 Å². The van der Waals surface area contributed by atoms with Crippen LogP contribution in [0.3, 0.4) is 0 Å². The van der Waals surface area contributed by atoms with Crippen LogP contribution in [-0.4, -0.2) is 74.5 Å². The molecule has 0 bridgehead atoms. The quantitative estimate of drug-likeness (QED) is 0.111. The molecule has 1 N–H and O–H groups in total. The maximum absolute atomic E-state index is 11.5. The third-order valence-electron chi connectivity index (χ3n) is 8.85. The number of phenols is 1. The van der Waals surface area contributed by atoms with E-state index >= 15 is 0 Å². The van der Waals surface area contributed by atoms with Crippen molar-refractivity contribution in [1.29, 1.82) is 0 Å². The van der Waals surface area contributed by atoms with Gasteiger partial charge in [0.05, 0.1) is 44.2 Å². The van der Waals surface area contributed by atoms with E-state index in [-0.39, 0.29) is 28.5 Å². The van der Waals surface area contributed by atoms with Gasteiger partial charge < -0.3 is 28.8 Å². The van der Waals surface area contributed by atoms with Crippen LogP contribution < -0.4 is 0 Å². The lowest BCUT2D eigenvalue weighted by Crippen LogP contribution is -2.50. The Morgan fingerprint density at radius 1 is 0.796 bits per heavy atom. The summed E-state index contributed by atoms with van der Waals surface area (Å²) in [4.78, 5) is 11.5. The van der Waals surface area contributed by atoms with E-state index in [1.807, 2.05) is 18.7 Å². The first-order valence-corrected chi connectivity index (χ1v) is 21.2. The number of thioether (sulfide) groups is 2. The minimum absolute atomic E-state index is 0.0391. The standard InChI is InChI=1S/C21H40O4S.C19H30O3S/c1-2-3-4-5-6-7-8-9-10-11-13-26-14-12-20-24-17-21(18-25-20)15-22-19-23-16-21;1-8-22-16(20)12-23-11-13-9-14(18(2,3)4)17(21)15(10-13)19(5,6)7/h20H,2-19H2,1H3;9-10,21H,8,11-12H2,1-7H3. The Labute approximate surface area is 308 Å². The van der Waals surface area contributed by atoms with Crippen LogP contribution in [0.1, 0.15) is 143 Å². The summed E-state index contributed by atoms with van der Waals surface area (Å²) < 4.78 is 27.5.